The molecule has 3 aromatic rings. The monoisotopic (exact) mass is 489 g/mol. The zero-order valence-electron chi connectivity index (χ0n) is 22.0. The van der Waals surface area contributed by atoms with E-state index in [2.05, 4.69) is 34.9 Å². The lowest BCUT2D eigenvalue weighted by Gasteiger charge is -2.22. The van der Waals surface area contributed by atoms with Crippen molar-refractivity contribution in [1.29, 1.82) is 0 Å². The number of para-hydroxylation sites is 2. The highest BCUT2D eigenvalue weighted by Crippen LogP contribution is 2.30. The molecule has 0 bridgehead atoms. The first-order valence-electron chi connectivity index (χ1n) is 13.1. The fourth-order valence-electron chi connectivity index (χ4n) is 5.17. The highest BCUT2D eigenvalue weighted by molar-refractivity contribution is 5.95. The van der Waals surface area contributed by atoms with Crippen molar-refractivity contribution in [3.8, 4) is 11.4 Å². The van der Waals surface area contributed by atoms with Gasteiger partial charge in [0.2, 0.25) is 11.8 Å². The Labute approximate surface area is 214 Å². The number of carbonyl (C=O) groups is 2. The Hall–Kier alpha value is -3.19. The van der Waals surface area contributed by atoms with Crippen LogP contribution in [0.4, 0.5) is 5.69 Å². The minimum absolute atomic E-state index is 0.0556. The summed E-state index contributed by atoms with van der Waals surface area (Å²) in [5, 5.41) is 3.15. The molecule has 192 valence electrons. The molecule has 1 aliphatic rings. The zero-order chi connectivity index (χ0) is 25.7. The summed E-state index contributed by atoms with van der Waals surface area (Å²) in [7, 11) is 8.00. The van der Waals surface area contributed by atoms with Crippen LogP contribution in [0.25, 0.3) is 22.4 Å². The van der Waals surface area contributed by atoms with Crippen LogP contribution in [0.15, 0.2) is 48.5 Å². The van der Waals surface area contributed by atoms with E-state index in [1.165, 1.54) is 0 Å². The standard InChI is InChI=1S/C29H39N5O2/c1-32(2)19-9-5-6-12-27(35)30-23-16-13-22(20-23)29(36)33(3)24-17-14-21(15-18-24)28-31-25-10-7-8-11-26(25)34(28)4/h7-8,10-11,14-15,17-18,22-23H,5-6,9,12-13,16,19-20H2,1-4H3,(H,30,35)/t22-,23+/m1/s1. The molecule has 1 heterocycles. The second-order valence-electron chi connectivity index (χ2n) is 10.3. The molecular formula is C29H39N5O2. The van der Waals surface area contributed by atoms with Crippen LogP contribution in [-0.2, 0) is 16.6 Å². The molecule has 1 fully saturated rings. The summed E-state index contributed by atoms with van der Waals surface area (Å²) in [5.74, 6) is 1.08. The van der Waals surface area contributed by atoms with Gasteiger partial charge in [0.25, 0.3) is 0 Å². The van der Waals surface area contributed by atoms with Gasteiger partial charge >= 0.3 is 0 Å². The maximum absolute atomic E-state index is 13.2. The number of aryl methyl sites for hydroxylation is 1. The number of nitrogens with zero attached hydrogens (tertiary/aromatic N) is 4. The number of hydrogen-bond acceptors (Lipinski definition) is 4. The number of unbranched alkanes of at least 4 members (excludes halogenated alkanes) is 2. The molecule has 0 saturated heterocycles. The number of nitrogens with one attached hydrogen (secondary N) is 1. The topological polar surface area (TPSA) is 70.5 Å². The number of aromatic nitrogens is 2. The zero-order valence-corrected chi connectivity index (χ0v) is 22.0. The predicted octanol–water partition coefficient (Wildman–Crippen LogP) is 4.61. The van der Waals surface area contributed by atoms with Gasteiger partial charge in [-0.1, -0.05) is 18.6 Å². The van der Waals surface area contributed by atoms with E-state index in [0.717, 1.165) is 66.8 Å². The Morgan fingerprint density at radius 3 is 2.47 bits per heavy atom. The number of benzene rings is 2. The van der Waals surface area contributed by atoms with Gasteiger partial charge in [-0.25, -0.2) is 4.98 Å². The Kier molecular flexibility index (Phi) is 8.41. The van der Waals surface area contributed by atoms with E-state index in [-0.39, 0.29) is 23.8 Å². The third-order valence-corrected chi connectivity index (χ3v) is 7.29. The Morgan fingerprint density at radius 2 is 1.75 bits per heavy atom. The van der Waals surface area contributed by atoms with Gasteiger partial charge in [-0.15, -0.1) is 0 Å². The molecule has 1 N–H and O–H groups in total. The molecule has 36 heavy (non-hydrogen) atoms. The van der Waals surface area contributed by atoms with E-state index >= 15 is 0 Å². The largest absolute Gasteiger partial charge is 0.353 e. The molecule has 7 heteroatoms. The number of imidazole rings is 1. The number of rotatable bonds is 10. The van der Waals surface area contributed by atoms with E-state index in [1.54, 1.807) is 4.90 Å². The lowest BCUT2D eigenvalue weighted by Crippen LogP contribution is -2.35. The summed E-state index contributed by atoms with van der Waals surface area (Å²) < 4.78 is 2.09. The Balaban J connectivity index is 1.28. The fraction of sp³-hybridized carbons (Fsp3) is 0.483. The Bertz CT molecular complexity index is 1180. The summed E-state index contributed by atoms with van der Waals surface area (Å²) in [6, 6.07) is 16.2. The van der Waals surface area contributed by atoms with Crippen LogP contribution in [0, 0.1) is 5.92 Å². The molecule has 2 amide bonds. The van der Waals surface area contributed by atoms with Crippen molar-refractivity contribution in [2.24, 2.45) is 13.0 Å². The average Bonchev–Trinajstić information content (AvgIpc) is 3.47. The highest BCUT2D eigenvalue weighted by Gasteiger charge is 2.32. The lowest BCUT2D eigenvalue weighted by atomic mass is 10.1. The van der Waals surface area contributed by atoms with Crippen molar-refractivity contribution < 1.29 is 9.59 Å². The van der Waals surface area contributed by atoms with Crippen molar-refractivity contribution in [2.75, 3.05) is 32.6 Å². The minimum atomic E-state index is -0.0556. The first kappa shape index (κ1) is 25.9. The van der Waals surface area contributed by atoms with E-state index in [4.69, 9.17) is 4.98 Å². The van der Waals surface area contributed by atoms with Gasteiger partial charge < -0.3 is 19.7 Å². The molecule has 4 rings (SSSR count). The maximum Gasteiger partial charge on any atom is 0.229 e. The number of anilines is 1. The number of fused-ring (bicyclic) bond motifs is 1. The van der Waals surface area contributed by atoms with E-state index in [1.807, 2.05) is 56.6 Å². The third-order valence-electron chi connectivity index (χ3n) is 7.29. The van der Waals surface area contributed by atoms with Gasteiger partial charge in [0, 0.05) is 43.7 Å². The van der Waals surface area contributed by atoms with Crippen molar-refractivity contribution in [3.05, 3.63) is 48.5 Å². The van der Waals surface area contributed by atoms with Crippen LogP contribution in [0.1, 0.15) is 44.9 Å². The molecule has 0 aliphatic heterocycles. The summed E-state index contributed by atoms with van der Waals surface area (Å²) >= 11 is 0. The molecule has 0 radical (unpaired) electrons. The normalized spacial score (nSPS) is 17.6. The molecule has 0 unspecified atom stereocenters. The lowest BCUT2D eigenvalue weighted by molar-refractivity contribution is -0.123. The van der Waals surface area contributed by atoms with Gasteiger partial charge in [-0.3, -0.25) is 9.59 Å². The third kappa shape index (κ3) is 6.13. The molecule has 2 atom stereocenters. The van der Waals surface area contributed by atoms with Gasteiger partial charge in [0.05, 0.1) is 11.0 Å². The summed E-state index contributed by atoms with van der Waals surface area (Å²) in [4.78, 5) is 34.2. The molecule has 1 aliphatic carbocycles. The van der Waals surface area contributed by atoms with Gasteiger partial charge in [0.15, 0.2) is 0 Å². The van der Waals surface area contributed by atoms with Crippen molar-refractivity contribution in [3.63, 3.8) is 0 Å². The maximum atomic E-state index is 13.2. The number of carbonyl (C=O) groups excluding carboxylic acids is 2. The number of amides is 2. The van der Waals surface area contributed by atoms with Crippen LogP contribution >= 0.6 is 0 Å². The average molecular weight is 490 g/mol. The Morgan fingerprint density at radius 1 is 1.00 bits per heavy atom. The summed E-state index contributed by atoms with van der Waals surface area (Å²) in [6.07, 6.45) is 6.07. The van der Waals surface area contributed by atoms with Crippen molar-refractivity contribution in [1.82, 2.24) is 19.8 Å². The molecule has 7 nitrogen and oxygen atoms in total. The van der Waals surface area contributed by atoms with Gasteiger partial charge in [-0.2, -0.15) is 0 Å². The van der Waals surface area contributed by atoms with Crippen molar-refractivity contribution >= 4 is 28.5 Å². The first-order chi connectivity index (χ1) is 17.3. The number of hydrogen-bond donors (Lipinski definition) is 1. The molecule has 0 spiro atoms. The van der Waals surface area contributed by atoms with E-state index in [0.29, 0.717) is 12.8 Å². The van der Waals surface area contributed by atoms with Gasteiger partial charge in [-0.05, 0) is 89.1 Å². The van der Waals surface area contributed by atoms with Crippen LogP contribution in [-0.4, -0.2) is 60.0 Å². The smallest absolute Gasteiger partial charge is 0.229 e. The molecule has 1 aromatic heterocycles. The van der Waals surface area contributed by atoms with Crippen LogP contribution < -0.4 is 10.2 Å². The molecule has 2 aromatic carbocycles. The van der Waals surface area contributed by atoms with Crippen molar-refractivity contribution in [2.45, 2.75) is 51.0 Å². The van der Waals surface area contributed by atoms with Crippen LogP contribution in [0.2, 0.25) is 0 Å². The fourth-order valence-corrected chi connectivity index (χ4v) is 5.17. The first-order valence-corrected chi connectivity index (χ1v) is 13.1. The summed E-state index contributed by atoms with van der Waals surface area (Å²) in [5.41, 5.74) is 3.95. The minimum Gasteiger partial charge on any atom is -0.353 e. The van der Waals surface area contributed by atoms with Gasteiger partial charge in [0.1, 0.15) is 5.82 Å². The second kappa shape index (κ2) is 11.7. The van der Waals surface area contributed by atoms with Crippen LogP contribution in [0.3, 0.4) is 0 Å². The SMILES string of the molecule is CN(C)CCCCCC(=O)N[C@H]1CC[C@@H](C(=O)N(C)c2ccc(-c3nc4ccccc4n3C)cc2)C1. The quantitative estimate of drug-likeness (QED) is 0.422. The highest BCUT2D eigenvalue weighted by atomic mass is 16.2. The summed E-state index contributed by atoms with van der Waals surface area (Å²) in [6.45, 7) is 1.06. The molecule has 1 saturated carbocycles. The van der Waals surface area contributed by atoms with E-state index in [9.17, 15) is 9.59 Å². The van der Waals surface area contributed by atoms with E-state index < -0.39 is 0 Å². The molecular weight excluding hydrogens is 450 g/mol. The predicted molar refractivity (Wildman–Crippen MR) is 146 cm³/mol. The second-order valence-corrected chi connectivity index (χ2v) is 10.3. The van der Waals surface area contributed by atoms with Crippen LogP contribution in [0.5, 0.6) is 0 Å².